The van der Waals surface area contributed by atoms with Crippen molar-refractivity contribution in [3.63, 3.8) is 0 Å². The Hall–Kier alpha value is -3.02. The molecule has 0 fully saturated rings. The molecule has 0 N–H and O–H groups in total. The Balaban J connectivity index is 1.33. The first kappa shape index (κ1) is 13.6. The molecule has 0 saturated heterocycles. The van der Waals surface area contributed by atoms with E-state index in [9.17, 15) is 0 Å². The van der Waals surface area contributed by atoms with Gasteiger partial charge in [0.2, 0.25) is 0 Å². The van der Waals surface area contributed by atoms with Crippen LogP contribution in [0.1, 0.15) is 0 Å². The van der Waals surface area contributed by atoms with E-state index in [0.29, 0.717) is 0 Å². The maximum Gasteiger partial charge on any atom is 0.133 e. The molecule has 0 unspecified atom stereocenters. The number of aromatic nitrogens is 2. The Labute approximate surface area is 135 Å². The summed E-state index contributed by atoms with van der Waals surface area (Å²) in [6.07, 6.45) is 12.0. The molecule has 0 amide bonds. The van der Waals surface area contributed by atoms with Crippen molar-refractivity contribution < 1.29 is 0 Å². The zero-order chi connectivity index (χ0) is 15.5. The molecule has 2 aromatic rings. The van der Waals surface area contributed by atoms with Crippen molar-refractivity contribution in [2.45, 2.75) is 0 Å². The largest absolute Gasteiger partial charge is 0.341 e. The Morgan fingerprint density at radius 2 is 1.22 bits per heavy atom. The van der Waals surface area contributed by atoms with E-state index < -0.39 is 0 Å². The van der Waals surface area contributed by atoms with Crippen molar-refractivity contribution in [2.75, 3.05) is 29.8 Å². The number of anilines is 2. The molecule has 2 aromatic heterocycles. The average molecular weight is 306 g/mol. The van der Waals surface area contributed by atoms with Crippen LogP contribution < -0.4 is 9.80 Å². The summed E-state index contributed by atoms with van der Waals surface area (Å²) in [5.74, 6) is 1.94. The highest BCUT2D eigenvalue weighted by molar-refractivity contribution is 5.44. The normalized spacial score (nSPS) is 16.7. The lowest BCUT2D eigenvalue weighted by molar-refractivity contribution is 0.250. The van der Waals surface area contributed by atoms with Gasteiger partial charge in [0.15, 0.2) is 0 Å². The summed E-state index contributed by atoms with van der Waals surface area (Å²) in [6.45, 7) is 2.45. The van der Waals surface area contributed by atoms with Crippen LogP contribution in [0.25, 0.3) is 0 Å². The van der Waals surface area contributed by atoms with Crippen LogP contribution in [0.2, 0.25) is 0 Å². The van der Waals surface area contributed by atoms with E-state index in [4.69, 9.17) is 0 Å². The highest BCUT2D eigenvalue weighted by atomic mass is 15.5. The molecule has 0 spiro atoms. The van der Waals surface area contributed by atoms with Gasteiger partial charge < -0.3 is 19.6 Å². The molecule has 0 aliphatic carbocycles. The van der Waals surface area contributed by atoms with Gasteiger partial charge >= 0.3 is 0 Å². The maximum atomic E-state index is 4.38. The molecular weight excluding hydrogens is 288 g/mol. The highest BCUT2D eigenvalue weighted by Gasteiger charge is 2.19. The molecule has 0 atom stereocenters. The Morgan fingerprint density at radius 3 is 1.65 bits per heavy atom. The number of rotatable bonds is 4. The average Bonchev–Trinajstić information content (AvgIpc) is 3.27. The van der Waals surface area contributed by atoms with Gasteiger partial charge in [-0.2, -0.15) is 0 Å². The van der Waals surface area contributed by atoms with E-state index in [1.165, 1.54) is 0 Å². The predicted molar refractivity (Wildman–Crippen MR) is 90.0 cm³/mol. The SMILES string of the molecule is C1=CN(c2ccccn2)CN1CN1C=CN(c2ccccn2)C1. The van der Waals surface area contributed by atoms with Crippen molar-refractivity contribution in [1.29, 1.82) is 0 Å². The molecule has 0 bridgehead atoms. The molecule has 6 heteroatoms. The predicted octanol–water partition coefficient (Wildman–Crippen LogP) is 2.24. The minimum absolute atomic E-state index is 0.810. The second kappa shape index (κ2) is 6.00. The van der Waals surface area contributed by atoms with E-state index >= 15 is 0 Å². The minimum Gasteiger partial charge on any atom is -0.341 e. The van der Waals surface area contributed by atoms with Crippen LogP contribution in [0.15, 0.2) is 73.6 Å². The lowest BCUT2D eigenvalue weighted by atomic mass is 10.4. The topological polar surface area (TPSA) is 38.7 Å². The van der Waals surface area contributed by atoms with Gasteiger partial charge in [-0.05, 0) is 24.3 Å². The van der Waals surface area contributed by atoms with Gasteiger partial charge in [-0.15, -0.1) is 0 Å². The molecule has 0 radical (unpaired) electrons. The number of hydrogen-bond donors (Lipinski definition) is 0. The van der Waals surface area contributed by atoms with E-state index in [2.05, 4.69) is 54.4 Å². The maximum absolute atomic E-state index is 4.38. The van der Waals surface area contributed by atoms with E-state index in [1.807, 2.05) is 48.8 Å². The summed E-state index contributed by atoms with van der Waals surface area (Å²) in [5.41, 5.74) is 0. The summed E-state index contributed by atoms with van der Waals surface area (Å²) in [5, 5.41) is 0. The molecule has 6 nitrogen and oxygen atoms in total. The molecule has 0 aromatic carbocycles. The highest BCUT2D eigenvalue weighted by Crippen LogP contribution is 2.19. The van der Waals surface area contributed by atoms with Crippen molar-refractivity contribution in [2.24, 2.45) is 0 Å². The molecule has 0 saturated carbocycles. The van der Waals surface area contributed by atoms with Crippen LogP contribution in [0.5, 0.6) is 0 Å². The second-order valence-electron chi connectivity index (χ2n) is 5.51. The number of nitrogens with zero attached hydrogens (tertiary/aromatic N) is 6. The summed E-state index contributed by atoms with van der Waals surface area (Å²) in [6, 6.07) is 11.9. The lowest BCUT2D eigenvalue weighted by Crippen LogP contribution is -2.36. The standard InChI is InChI=1S/C17H18N6/c1-3-7-18-16(5-1)22-11-9-20(14-22)13-21-10-12-23(15-21)17-6-2-4-8-19-17/h1-12H,13-15H2. The Morgan fingerprint density at radius 1 is 0.696 bits per heavy atom. The van der Waals surface area contributed by atoms with Gasteiger partial charge in [0.05, 0.1) is 20.0 Å². The third-order valence-corrected chi connectivity index (χ3v) is 3.83. The minimum atomic E-state index is 0.810. The molecule has 2 aliphatic rings. The first-order valence-electron chi connectivity index (χ1n) is 7.59. The van der Waals surface area contributed by atoms with E-state index in [0.717, 1.165) is 31.6 Å². The first-order valence-corrected chi connectivity index (χ1v) is 7.59. The van der Waals surface area contributed by atoms with Gasteiger partial charge in [-0.25, -0.2) is 9.97 Å². The molecule has 4 rings (SSSR count). The molecule has 116 valence electrons. The lowest BCUT2D eigenvalue weighted by Gasteiger charge is -2.27. The molecule has 23 heavy (non-hydrogen) atoms. The second-order valence-corrected chi connectivity index (χ2v) is 5.51. The van der Waals surface area contributed by atoms with Crippen molar-refractivity contribution >= 4 is 11.6 Å². The summed E-state index contributed by atoms with van der Waals surface area (Å²) in [4.78, 5) is 17.5. The zero-order valence-electron chi connectivity index (χ0n) is 12.7. The van der Waals surface area contributed by atoms with Crippen LogP contribution in [-0.4, -0.2) is 39.8 Å². The fourth-order valence-electron chi connectivity index (χ4n) is 2.69. The first-order chi connectivity index (χ1) is 11.4. The smallest absolute Gasteiger partial charge is 0.133 e. The van der Waals surface area contributed by atoms with Crippen LogP contribution in [0, 0.1) is 0 Å². The Kier molecular flexibility index (Phi) is 3.56. The summed E-state index contributed by atoms with van der Waals surface area (Å²) >= 11 is 0. The third kappa shape index (κ3) is 2.96. The van der Waals surface area contributed by atoms with Crippen LogP contribution in [0.4, 0.5) is 11.6 Å². The number of hydrogen-bond acceptors (Lipinski definition) is 6. The van der Waals surface area contributed by atoms with E-state index in [1.54, 1.807) is 0 Å². The van der Waals surface area contributed by atoms with Crippen LogP contribution in [0.3, 0.4) is 0 Å². The van der Waals surface area contributed by atoms with E-state index in [-0.39, 0.29) is 0 Å². The van der Waals surface area contributed by atoms with Gasteiger partial charge in [0.25, 0.3) is 0 Å². The Bertz CT molecular complexity index is 638. The van der Waals surface area contributed by atoms with Gasteiger partial charge in [-0.3, -0.25) is 0 Å². The third-order valence-electron chi connectivity index (χ3n) is 3.83. The quantitative estimate of drug-likeness (QED) is 0.862. The van der Waals surface area contributed by atoms with Crippen molar-refractivity contribution in [3.05, 3.63) is 73.6 Å². The van der Waals surface area contributed by atoms with Crippen molar-refractivity contribution in [1.82, 2.24) is 19.8 Å². The van der Waals surface area contributed by atoms with Crippen molar-refractivity contribution in [3.8, 4) is 0 Å². The number of pyridine rings is 2. The fraction of sp³-hybridized carbons (Fsp3) is 0.176. The summed E-state index contributed by atoms with van der Waals surface area (Å²) in [7, 11) is 0. The van der Waals surface area contributed by atoms with Gasteiger partial charge in [0.1, 0.15) is 11.6 Å². The zero-order valence-corrected chi connectivity index (χ0v) is 12.7. The monoisotopic (exact) mass is 306 g/mol. The van der Waals surface area contributed by atoms with Gasteiger partial charge in [0, 0.05) is 37.2 Å². The molecule has 4 heterocycles. The molecular formula is C17H18N6. The molecule has 2 aliphatic heterocycles. The van der Waals surface area contributed by atoms with Crippen LogP contribution >= 0.6 is 0 Å². The van der Waals surface area contributed by atoms with Gasteiger partial charge in [-0.1, -0.05) is 12.1 Å². The van der Waals surface area contributed by atoms with Crippen LogP contribution in [-0.2, 0) is 0 Å². The fourth-order valence-corrected chi connectivity index (χ4v) is 2.69. The summed E-state index contributed by atoms with van der Waals surface area (Å²) < 4.78 is 0.